The molecule has 5 aromatic rings. The number of pyridine rings is 1. The zero-order valence-electron chi connectivity index (χ0n) is 20.9. The van der Waals surface area contributed by atoms with Crippen LogP contribution in [0.1, 0.15) is 22.2 Å². The van der Waals surface area contributed by atoms with E-state index in [0.717, 1.165) is 4.88 Å². The summed E-state index contributed by atoms with van der Waals surface area (Å²) in [7, 11) is -2.68. The lowest BCUT2D eigenvalue weighted by molar-refractivity contribution is -0.134. The highest BCUT2D eigenvalue weighted by atomic mass is 32.2. The predicted molar refractivity (Wildman–Crippen MR) is 148 cm³/mol. The normalized spacial score (nSPS) is 12.3. The maximum Gasteiger partial charge on any atom is 0.248 e. The molecule has 39 heavy (non-hydrogen) atoms. The predicted octanol–water partition coefficient (Wildman–Crippen LogP) is 4.44. The van der Waals surface area contributed by atoms with E-state index in [4.69, 9.17) is 9.15 Å². The van der Waals surface area contributed by atoms with Crippen molar-refractivity contribution in [1.82, 2.24) is 14.6 Å². The van der Waals surface area contributed by atoms with Crippen LogP contribution in [0.2, 0.25) is 0 Å². The molecule has 0 saturated carbocycles. The number of carbonyl (C=O) groups excluding carboxylic acids is 1. The van der Waals surface area contributed by atoms with Gasteiger partial charge >= 0.3 is 0 Å². The molecule has 9 nitrogen and oxygen atoms in total. The lowest BCUT2D eigenvalue weighted by atomic mass is 10.1. The lowest BCUT2D eigenvalue weighted by Gasteiger charge is -2.27. The van der Waals surface area contributed by atoms with Gasteiger partial charge in [-0.1, -0.05) is 18.2 Å². The number of aromatic amines is 1. The summed E-state index contributed by atoms with van der Waals surface area (Å²) < 4.78 is 40.7. The summed E-state index contributed by atoms with van der Waals surface area (Å²) in [5, 5.41) is 2.46. The van der Waals surface area contributed by atoms with Crippen molar-refractivity contribution >= 4 is 38.2 Å². The molecule has 1 atom stereocenters. The summed E-state index contributed by atoms with van der Waals surface area (Å²) in [5.41, 5.74) is 0.633. The van der Waals surface area contributed by atoms with E-state index in [1.54, 1.807) is 47.4 Å². The van der Waals surface area contributed by atoms with Gasteiger partial charge in [-0.05, 0) is 70.9 Å². The van der Waals surface area contributed by atoms with Crippen LogP contribution in [0.4, 0.5) is 0 Å². The monoisotopic (exact) mass is 563 g/mol. The second-order valence-electron chi connectivity index (χ2n) is 8.76. The number of methoxy groups -OCH3 is 1. The van der Waals surface area contributed by atoms with E-state index in [1.807, 2.05) is 17.5 Å². The molecule has 5 rings (SSSR count). The van der Waals surface area contributed by atoms with Crippen LogP contribution in [0.25, 0.3) is 10.9 Å². The lowest BCUT2D eigenvalue weighted by Crippen LogP contribution is -2.42. The Labute approximate surface area is 228 Å². The molecule has 0 saturated heterocycles. The van der Waals surface area contributed by atoms with Crippen LogP contribution in [0.5, 0.6) is 5.75 Å². The van der Waals surface area contributed by atoms with E-state index in [-0.39, 0.29) is 23.5 Å². The zero-order valence-corrected chi connectivity index (χ0v) is 22.5. The molecule has 3 heterocycles. The third-order valence-electron chi connectivity index (χ3n) is 6.12. The maximum atomic E-state index is 14.1. The molecule has 1 amide bonds. The molecule has 0 radical (unpaired) electrons. The zero-order chi connectivity index (χ0) is 27.4. The Morgan fingerprint density at radius 3 is 2.67 bits per heavy atom. The number of benzene rings is 2. The number of H-pyrrole nitrogens is 1. The molecule has 0 aliphatic carbocycles. The molecular formula is C28H25N3O6S2. The van der Waals surface area contributed by atoms with E-state index in [2.05, 4.69) is 9.71 Å². The molecule has 2 aromatic carbocycles. The van der Waals surface area contributed by atoms with Gasteiger partial charge in [-0.15, -0.1) is 11.3 Å². The summed E-state index contributed by atoms with van der Waals surface area (Å²) >= 11 is 1.50. The van der Waals surface area contributed by atoms with Crippen molar-refractivity contribution in [2.45, 2.75) is 24.0 Å². The van der Waals surface area contributed by atoms with Gasteiger partial charge in [-0.25, -0.2) is 8.42 Å². The largest absolute Gasteiger partial charge is 0.497 e. The first kappa shape index (κ1) is 26.4. The number of ether oxygens (including phenoxy) is 1. The van der Waals surface area contributed by atoms with Crippen LogP contribution in [-0.4, -0.2) is 31.3 Å². The average Bonchev–Trinajstić information content (AvgIpc) is 3.65. The highest BCUT2D eigenvalue weighted by molar-refractivity contribution is 7.89. The molecule has 0 spiro atoms. The minimum Gasteiger partial charge on any atom is -0.497 e. The highest BCUT2D eigenvalue weighted by Crippen LogP contribution is 2.27. The fraction of sp³-hybridized carbons (Fsp3) is 0.143. The Hall–Kier alpha value is -4.19. The van der Waals surface area contributed by atoms with E-state index in [9.17, 15) is 18.0 Å². The Balaban J connectivity index is 1.54. The minimum atomic E-state index is -4.18. The van der Waals surface area contributed by atoms with Crippen molar-refractivity contribution in [2.75, 3.05) is 7.11 Å². The first-order valence-corrected chi connectivity index (χ1v) is 14.3. The quantitative estimate of drug-likeness (QED) is 0.259. The van der Waals surface area contributed by atoms with Crippen molar-refractivity contribution in [3.05, 3.63) is 117 Å². The van der Waals surface area contributed by atoms with Gasteiger partial charge in [0.1, 0.15) is 17.6 Å². The first-order valence-electron chi connectivity index (χ1n) is 12.0. The van der Waals surface area contributed by atoms with Crippen molar-refractivity contribution in [3.8, 4) is 5.75 Å². The van der Waals surface area contributed by atoms with Gasteiger partial charge in [0.2, 0.25) is 21.5 Å². The summed E-state index contributed by atoms with van der Waals surface area (Å²) in [6.07, 6.45) is 1.53. The number of nitrogens with one attached hydrogen (secondary N) is 2. The number of fused-ring (bicyclic) bond motifs is 1. The van der Waals surface area contributed by atoms with Gasteiger partial charge in [0.25, 0.3) is 0 Å². The van der Waals surface area contributed by atoms with E-state index in [1.165, 1.54) is 49.0 Å². The molecule has 0 aliphatic heterocycles. The molecule has 0 bridgehead atoms. The average molecular weight is 564 g/mol. The number of amides is 1. The number of hydrogen-bond donors (Lipinski definition) is 2. The number of thiophene rings is 1. The first-order chi connectivity index (χ1) is 18.8. The third kappa shape index (κ3) is 6.11. The van der Waals surface area contributed by atoms with Crippen LogP contribution >= 0.6 is 11.3 Å². The highest BCUT2D eigenvalue weighted by Gasteiger charge is 2.32. The molecule has 11 heteroatoms. The fourth-order valence-corrected chi connectivity index (χ4v) is 6.11. The van der Waals surface area contributed by atoms with Gasteiger partial charge in [0, 0.05) is 16.5 Å². The number of sulfonamides is 1. The second-order valence-corrected chi connectivity index (χ2v) is 11.5. The SMILES string of the molecule is COc1cccc([C@@H](NS(=O)(=O)c2ccc3[nH]c(=O)ccc3c2)C(=O)N(Cc2ccco2)Cc2cccs2)c1. The topological polar surface area (TPSA) is 122 Å². The van der Waals surface area contributed by atoms with Crippen molar-refractivity contribution in [2.24, 2.45) is 0 Å². The summed E-state index contributed by atoms with van der Waals surface area (Å²) in [6.45, 7) is 0.415. The smallest absolute Gasteiger partial charge is 0.248 e. The van der Waals surface area contributed by atoms with Gasteiger partial charge in [-0.3, -0.25) is 9.59 Å². The number of carbonyl (C=O) groups is 1. The number of rotatable bonds is 10. The van der Waals surface area contributed by atoms with Gasteiger partial charge in [-0.2, -0.15) is 4.72 Å². The number of furan rings is 1. The molecule has 0 fully saturated rings. The van der Waals surface area contributed by atoms with Crippen molar-refractivity contribution < 1.29 is 22.4 Å². The Bertz CT molecular complexity index is 1710. The van der Waals surface area contributed by atoms with Crippen molar-refractivity contribution in [3.63, 3.8) is 0 Å². The fourth-order valence-electron chi connectivity index (χ4n) is 4.18. The van der Waals surface area contributed by atoms with Crippen molar-refractivity contribution in [1.29, 1.82) is 0 Å². The van der Waals surface area contributed by atoms with Gasteiger partial charge in [0.05, 0.1) is 31.4 Å². The van der Waals surface area contributed by atoms with Crippen LogP contribution < -0.4 is 15.0 Å². The molecular weight excluding hydrogens is 538 g/mol. The molecule has 0 unspecified atom stereocenters. The van der Waals surface area contributed by atoms with E-state index >= 15 is 0 Å². The van der Waals surface area contributed by atoms with Crippen LogP contribution in [0, 0.1) is 0 Å². The molecule has 200 valence electrons. The minimum absolute atomic E-state index is 0.0430. The molecule has 3 aromatic heterocycles. The second kappa shape index (κ2) is 11.3. The van der Waals surface area contributed by atoms with Gasteiger partial charge in [0.15, 0.2) is 0 Å². The van der Waals surface area contributed by atoms with Crippen LogP contribution in [-0.2, 0) is 27.9 Å². The number of aromatic nitrogens is 1. The molecule has 2 N–H and O–H groups in total. The molecule has 0 aliphatic rings. The summed E-state index contributed by atoms with van der Waals surface area (Å²) in [6, 6.07) is 20.0. The maximum absolute atomic E-state index is 14.1. The van der Waals surface area contributed by atoms with E-state index < -0.39 is 22.0 Å². The van der Waals surface area contributed by atoms with Gasteiger partial charge < -0.3 is 19.0 Å². The van der Waals surface area contributed by atoms with E-state index in [0.29, 0.717) is 28.0 Å². The third-order valence-corrected chi connectivity index (χ3v) is 8.40. The summed E-state index contributed by atoms with van der Waals surface area (Å²) in [5.74, 6) is 0.590. The standard InChI is InChI=1S/C28H25N3O6S2/c1-36-21-6-2-5-20(15-21)27(28(33)31(17-22-7-3-13-37-22)18-23-8-4-14-38-23)30-39(34,35)24-10-11-25-19(16-24)9-12-26(32)29-25/h2-16,27,30H,17-18H2,1H3,(H,29,32)/t27-/m1/s1. The Morgan fingerprint density at radius 1 is 1.05 bits per heavy atom. The number of hydrogen-bond acceptors (Lipinski definition) is 7. The summed E-state index contributed by atoms with van der Waals surface area (Å²) in [4.78, 5) is 30.9. The Morgan fingerprint density at radius 2 is 1.92 bits per heavy atom. The van der Waals surface area contributed by atoms with Crippen LogP contribution in [0.15, 0.2) is 105 Å². The van der Waals surface area contributed by atoms with Crippen LogP contribution in [0.3, 0.4) is 0 Å². The number of nitrogens with zero attached hydrogens (tertiary/aromatic N) is 1. The Kier molecular flexibility index (Phi) is 7.64.